The van der Waals surface area contributed by atoms with Crippen molar-refractivity contribution in [2.45, 2.75) is 39.2 Å². The van der Waals surface area contributed by atoms with Gasteiger partial charge in [-0.15, -0.1) is 0 Å². The van der Waals surface area contributed by atoms with Gasteiger partial charge in [-0.3, -0.25) is 4.90 Å². The van der Waals surface area contributed by atoms with Crippen molar-refractivity contribution in [3.05, 3.63) is 28.8 Å². The smallest absolute Gasteiger partial charge is 0.128 e. The second kappa shape index (κ2) is 6.99. The van der Waals surface area contributed by atoms with E-state index in [1.54, 1.807) is 7.11 Å². The number of hydrogen-bond acceptors (Lipinski definition) is 4. The third-order valence-corrected chi connectivity index (χ3v) is 4.27. The summed E-state index contributed by atoms with van der Waals surface area (Å²) in [6.45, 7) is 13.2. The standard InChI is InChI=1S/C18H30N2O2/c1-13-10-14(16(21)12-20-8-6-19-7-9-20)17(22-5)15(11-13)18(2,3)4/h10-11,16,19,21H,6-9,12H2,1-5H3. The molecule has 0 bridgehead atoms. The van der Waals surface area contributed by atoms with Gasteiger partial charge in [0.05, 0.1) is 13.2 Å². The van der Waals surface area contributed by atoms with Crippen molar-refractivity contribution in [2.75, 3.05) is 39.8 Å². The topological polar surface area (TPSA) is 44.7 Å². The molecule has 124 valence electrons. The number of hydrogen-bond donors (Lipinski definition) is 2. The van der Waals surface area contributed by atoms with E-state index in [0.29, 0.717) is 6.54 Å². The minimum absolute atomic E-state index is 0.0130. The highest BCUT2D eigenvalue weighted by Gasteiger charge is 2.25. The number of β-amino-alcohol motifs (C(OH)–C–C–N with tert-alkyl or cyclic N) is 1. The molecule has 4 nitrogen and oxygen atoms in total. The highest BCUT2D eigenvalue weighted by Crippen LogP contribution is 2.38. The molecule has 2 N–H and O–H groups in total. The summed E-state index contributed by atoms with van der Waals surface area (Å²) in [5.41, 5.74) is 3.22. The minimum atomic E-state index is -0.519. The lowest BCUT2D eigenvalue weighted by molar-refractivity contribution is 0.103. The second-order valence-corrected chi connectivity index (χ2v) is 7.25. The van der Waals surface area contributed by atoms with E-state index in [0.717, 1.165) is 43.1 Å². The molecule has 1 aliphatic rings. The van der Waals surface area contributed by atoms with E-state index in [4.69, 9.17) is 4.74 Å². The van der Waals surface area contributed by atoms with Crippen molar-refractivity contribution in [3.63, 3.8) is 0 Å². The molecule has 1 aliphatic heterocycles. The number of aliphatic hydroxyl groups is 1. The van der Waals surface area contributed by atoms with Gasteiger partial charge >= 0.3 is 0 Å². The van der Waals surface area contributed by atoms with Gasteiger partial charge in [-0.05, 0) is 18.4 Å². The van der Waals surface area contributed by atoms with Crippen LogP contribution in [0, 0.1) is 6.92 Å². The molecule has 0 aromatic heterocycles. The lowest BCUT2D eigenvalue weighted by Crippen LogP contribution is -2.45. The molecule has 1 heterocycles. The summed E-state index contributed by atoms with van der Waals surface area (Å²) in [6.07, 6.45) is -0.519. The van der Waals surface area contributed by atoms with Crippen LogP contribution in [0.25, 0.3) is 0 Å². The number of aliphatic hydroxyl groups excluding tert-OH is 1. The monoisotopic (exact) mass is 306 g/mol. The predicted molar refractivity (Wildman–Crippen MR) is 90.7 cm³/mol. The Labute approximate surface area is 134 Å². The highest BCUT2D eigenvalue weighted by molar-refractivity contribution is 5.49. The number of methoxy groups -OCH3 is 1. The van der Waals surface area contributed by atoms with E-state index in [1.807, 2.05) is 0 Å². The maximum atomic E-state index is 10.8. The molecule has 0 amide bonds. The summed E-state index contributed by atoms with van der Waals surface area (Å²) < 4.78 is 5.68. The van der Waals surface area contributed by atoms with Gasteiger partial charge in [0.2, 0.25) is 0 Å². The van der Waals surface area contributed by atoms with Gasteiger partial charge in [0, 0.05) is 43.9 Å². The third-order valence-electron chi connectivity index (χ3n) is 4.27. The largest absolute Gasteiger partial charge is 0.496 e. The molecule has 1 saturated heterocycles. The van der Waals surface area contributed by atoms with Gasteiger partial charge in [0.25, 0.3) is 0 Å². The summed E-state index contributed by atoms with van der Waals surface area (Å²) in [5.74, 6) is 0.834. The molecule has 0 radical (unpaired) electrons. The Balaban J connectivity index is 2.30. The summed E-state index contributed by atoms with van der Waals surface area (Å²) in [4.78, 5) is 2.31. The Hall–Kier alpha value is -1.10. The van der Waals surface area contributed by atoms with Crippen molar-refractivity contribution >= 4 is 0 Å². The molecular weight excluding hydrogens is 276 g/mol. The van der Waals surface area contributed by atoms with Crippen LogP contribution >= 0.6 is 0 Å². The molecule has 0 aliphatic carbocycles. The SMILES string of the molecule is COc1c(C(O)CN2CCNCC2)cc(C)cc1C(C)(C)C. The van der Waals surface area contributed by atoms with Crippen LogP contribution in [0.4, 0.5) is 0 Å². The summed E-state index contributed by atoms with van der Waals surface area (Å²) in [5, 5.41) is 14.1. The molecule has 2 rings (SSSR count). The first-order chi connectivity index (χ1) is 10.3. The number of piperazine rings is 1. The molecule has 1 unspecified atom stereocenters. The lowest BCUT2D eigenvalue weighted by Gasteiger charge is -2.31. The average molecular weight is 306 g/mol. The summed E-state index contributed by atoms with van der Waals surface area (Å²) in [6, 6.07) is 4.22. The van der Waals surface area contributed by atoms with Crippen LogP contribution in [-0.2, 0) is 5.41 Å². The fraction of sp³-hybridized carbons (Fsp3) is 0.667. The molecular formula is C18H30N2O2. The van der Waals surface area contributed by atoms with E-state index in [2.05, 4.69) is 50.0 Å². The Morgan fingerprint density at radius 1 is 1.27 bits per heavy atom. The molecule has 1 aromatic carbocycles. The third kappa shape index (κ3) is 4.00. The Bertz CT molecular complexity index is 503. The fourth-order valence-electron chi connectivity index (χ4n) is 3.07. The number of nitrogens with zero attached hydrogens (tertiary/aromatic N) is 1. The summed E-state index contributed by atoms with van der Waals surface area (Å²) >= 11 is 0. The average Bonchev–Trinajstić information content (AvgIpc) is 2.46. The molecule has 1 fully saturated rings. The molecule has 1 atom stereocenters. The first kappa shape index (κ1) is 17.3. The fourth-order valence-corrected chi connectivity index (χ4v) is 3.07. The number of ether oxygens (including phenoxy) is 1. The van der Waals surface area contributed by atoms with Gasteiger partial charge in [0.15, 0.2) is 0 Å². The highest BCUT2D eigenvalue weighted by atomic mass is 16.5. The minimum Gasteiger partial charge on any atom is -0.496 e. The zero-order chi connectivity index (χ0) is 16.3. The second-order valence-electron chi connectivity index (χ2n) is 7.25. The van der Waals surface area contributed by atoms with Crippen LogP contribution < -0.4 is 10.1 Å². The van der Waals surface area contributed by atoms with E-state index in [9.17, 15) is 5.11 Å². The first-order valence-electron chi connectivity index (χ1n) is 8.13. The predicted octanol–water partition coefficient (Wildman–Crippen LogP) is 2.24. The van der Waals surface area contributed by atoms with Gasteiger partial charge < -0.3 is 15.2 Å². The molecule has 0 spiro atoms. The van der Waals surface area contributed by atoms with Crippen molar-refractivity contribution in [1.82, 2.24) is 10.2 Å². The molecule has 22 heavy (non-hydrogen) atoms. The summed E-state index contributed by atoms with van der Waals surface area (Å²) in [7, 11) is 1.70. The van der Waals surface area contributed by atoms with E-state index in [1.165, 1.54) is 5.56 Å². The van der Waals surface area contributed by atoms with Crippen molar-refractivity contribution in [2.24, 2.45) is 0 Å². The van der Waals surface area contributed by atoms with E-state index < -0.39 is 6.10 Å². The molecule has 0 saturated carbocycles. The normalized spacial score (nSPS) is 18.3. The van der Waals surface area contributed by atoms with E-state index in [-0.39, 0.29) is 5.41 Å². The van der Waals surface area contributed by atoms with E-state index >= 15 is 0 Å². The maximum Gasteiger partial charge on any atom is 0.128 e. The number of benzene rings is 1. The zero-order valence-electron chi connectivity index (χ0n) is 14.6. The number of aryl methyl sites for hydroxylation is 1. The van der Waals surface area contributed by atoms with Gasteiger partial charge in [0.1, 0.15) is 5.75 Å². The van der Waals surface area contributed by atoms with Crippen molar-refractivity contribution in [3.8, 4) is 5.75 Å². The van der Waals surface area contributed by atoms with Crippen LogP contribution in [-0.4, -0.2) is 49.8 Å². The van der Waals surface area contributed by atoms with Crippen LogP contribution in [0.1, 0.15) is 43.6 Å². The van der Waals surface area contributed by atoms with Crippen LogP contribution in [0.5, 0.6) is 5.75 Å². The Morgan fingerprint density at radius 3 is 2.45 bits per heavy atom. The van der Waals surface area contributed by atoms with Gasteiger partial charge in [-0.25, -0.2) is 0 Å². The van der Waals surface area contributed by atoms with Crippen LogP contribution in [0.3, 0.4) is 0 Å². The maximum absolute atomic E-state index is 10.8. The van der Waals surface area contributed by atoms with Crippen molar-refractivity contribution in [1.29, 1.82) is 0 Å². The number of rotatable bonds is 4. The molecule has 1 aromatic rings. The Kier molecular flexibility index (Phi) is 5.48. The van der Waals surface area contributed by atoms with Gasteiger partial charge in [-0.2, -0.15) is 0 Å². The van der Waals surface area contributed by atoms with Crippen molar-refractivity contribution < 1.29 is 9.84 Å². The Morgan fingerprint density at radius 2 is 1.91 bits per heavy atom. The lowest BCUT2D eigenvalue weighted by atomic mass is 9.83. The number of nitrogens with one attached hydrogen (secondary N) is 1. The van der Waals surface area contributed by atoms with Gasteiger partial charge in [-0.1, -0.05) is 32.4 Å². The zero-order valence-corrected chi connectivity index (χ0v) is 14.6. The van der Waals surface area contributed by atoms with Crippen LogP contribution in [0.2, 0.25) is 0 Å². The quantitative estimate of drug-likeness (QED) is 0.895. The van der Waals surface area contributed by atoms with Crippen LogP contribution in [0.15, 0.2) is 12.1 Å². The first-order valence-corrected chi connectivity index (χ1v) is 8.13. The molecule has 4 heteroatoms.